The number of hydrogen-bond acceptors (Lipinski definition) is 3. The molecule has 4 nitrogen and oxygen atoms in total. The number of carbonyl (C=O) groups is 1. The number of ketones is 1. The number of rotatable bonds is 4. The van der Waals surface area contributed by atoms with Gasteiger partial charge in [0.15, 0.2) is 11.6 Å². The van der Waals surface area contributed by atoms with Gasteiger partial charge < -0.3 is 9.72 Å². The van der Waals surface area contributed by atoms with Gasteiger partial charge >= 0.3 is 0 Å². The van der Waals surface area contributed by atoms with Gasteiger partial charge in [-0.1, -0.05) is 0 Å². The summed E-state index contributed by atoms with van der Waals surface area (Å²) in [5.41, 5.74) is 1.81. The van der Waals surface area contributed by atoms with Crippen molar-refractivity contribution in [2.45, 2.75) is 26.9 Å². The zero-order valence-corrected chi connectivity index (χ0v) is 10.7. The second-order valence-electron chi connectivity index (χ2n) is 4.39. The lowest BCUT2D eigenvalue weighted by molar-refractivity contribution is 0.100. The summed E-state index contributed by atoms with van der Waals surface area (Å²) in [5.74, 6) is 1.15. The van der Waals surface area contributed by atoms with Crippen molar-refractivity contribution in [2.24, 2.45) is 0 Å². The third-order valence-corrected chi connectivity index (χ3v) is 2.45. The number of hydrogen-bond donors (Lipinski definition) is 1. The van der Waals surface area contributed by atoms with Crippen LogP contribution in [0.15, 0.2) is 30.5 Å². The normalized spacial score (nSPS) is 10.7. The lowest BCUT2D eigenvalue weighted by Gasteiger charge is -2.09. The van der Waals surface area contributed by atoms with Crippen LogP contribution in [0.5, 0.6) is 5.75 Å². The first-order valence-corrected chi connectivity index (χ1v) is 5.89. The molecule has 0 saturated heterocycles. The fourth-order valence-corrected chi connectivity index (χ4v) is 1.63. The Morgan fingerprint density at radius 2 is 1.94 bits per heavy atom. The van der Waals surface area contributed by atoms with Crippen LogP contribution in [0, 0.1) is 0 Å². The predicted molar refractivity (Wildman–Crippen MR) is 69.8 cm³/mol. The van der Waals surface area contributed by atoms with Gasteiger partial charge in [0.2, 0.25) is 0 Å². The van der Waals surface area contributed by atoms with E-state index in [0.29, 0.717) is 5.82 Å². The van der Waals surface area contributed by atoms with Crippen LogP contribution in [0.4, 0.5) is 0 Å². The van der Waals surface area contributed by atoms with Gasteiger partial charge in [0.1, 0.15) is 5.75 Å². The van der Waals surface area contributed by atoms with E-state index in [1.54, 1.807) is 6.20 Å². The van der Waals surface area contributed by atoms with E-state index in [9.17, 15) is 4.79 Å². The zero-order valence-electron chi connectivity index (χ0n) is 10.7. The van der Waals surface area contributed by atoms with E-state index in [1.807, 2.05) is 38.1 Å². The number of Topliss-reactive ketones (excluding diaryl/α,β-unsaturated/α-hetero) is 1. The molecule has 2 aromatic rings. The maximum atomic E-state index is 11.2. The van der Waals surface area contributed by atoms with Crippen molar-refractivity contribution in [1.29, 1.82) is 0 Å². The first-order valence-electron chi connectivity index (χ1n) is 5.89. The Hall–Kier alpha value is -2.10. The quantitative estimate of drug-likeness (QED) is 0.841. The van der Waals surface area contributed by atoms with Crippen LogP contribution in [-0.2, 0) is 0 Å². The molecule has 94 valence electrons. The lowest BCUT2D eigenvalue weighted by Crippen LogP contribution is -2.05. The number of H-pyrrole nitrogens is 1. The maximum Gasteiger partial charge on any atom is 0.194 e. The second-order valence-corrected chi connectivity index (χ2v) is 4.39. The summed E-state index contributed by atoms with van der Waals surface area (Å²) >= 11 is 0. The van der Waals surface area contributed by atoms with E-state index in [2.05, 4.69) is 9.97 Å². The Morgan fingerprint density at radius 3 is 2.44 bits per heavy atom. The molecule has 0 fully saturated rings. The summed E-state index contributed by atoms with van der Waals surface area (Å²) in [5, 5.41) is 0. The summed E-state index contributed by atoms with van der Waals surface area (Å²) in [6.07, 6.45) is 1.82. The van der Waals surface area contributed by atoms with E-state index in [1.165, 1.54) is 6.92 Å². The number of aromatic amines is 1. The van der Waals surface area contributed by atoms with Crippen LogP contribution in [0.25, 0.3) is 11.3 Å². The topological polar surface area (TPSA) is 55.0 Å². The molecular weight excluding hydrogens is 228 g/mol. The van der Waals surface area contributed by atoms with Crippen LogP contribution < -0.4 is 4.74 Å². The Morgan fingerprint density at radius 1 is 1.28 bits per heavy atom. The maximum absolute atomic E-state index is 11.2. The first-order chi connectivity index (χ1) is 8.56. The number of ether oxygens (including phenoxy) is 1. The smallest absolute Gasteiger partial charge is 0.194 e. The van der Waals surface area contributed by atoms with Gasteiger partial charge in [0, 0.05) is 6.92 Å². The zero-order chi connectivity index (χ0) is 13.1. The molecule has 0 spiro atoms. The van der Waals surface area contributed by atoms with Gasteiger partial charge in [-0.05, 0) is 43.7 Å². The van der Waals surface area contributed by atoms with E-state index >= 15 is 0 Å². The molecule has 0 aliphatic heterocycles. The SMILES string of the molecule is CC(=O)c1ncc(-c2ccc(OC(C)C)cc2)[nH]1. The molecule has 0 atom stereocenters. The minimum Gasteiger partial charge on any atom is -0.491 e. The Kier molecular flexibility index (Phi) is 3.46. The molecule has 4 heteroatoms. The van der Waals surface area contributed by atoms with Crippen LogP contribution in [0.1, 0.15) is 31.4 Å². The van der Waals surface area contributed by atoms with Gasteiger partial charge in [-0.25, -0.2) is 4.98 Å². The highest BCUT2D eigenvalue weighted by molar-refractivity contribution is 5.91. The molecule has 2 rings (SSSR count). The van der Waals surface area contributed by atoms with Gasteiger partial charge in [0.05, 0.1) is 18.0 Å². The highest BCUT2D eigenvalue weighted by atomic mass is 16.5. The number of nitrogens with one attached hydrogen (secondary N) is 1. The molecule has 0 bridgehead atoms. The summed E-state index contributed by atoms with van der Waals surface area (Å²) < 4.78 is 5.57. The third kappa shape index (κ3) is 2.77. The van der Waals surface area contributed by atoms with Crippen LogP contribution >= 0.6 is 0 Å². The molecule has 1 aromatic carbocycles. The second kappa shape index (κ2) is 5.04. The lowest BCUT2D eigenvalue weighted by atomic mass is 10.1. The molecule has 0 aliphatic carbocycles. The van der Waals surface area contributed by atoms with Gasteiger partial charge in [-0.15, -0.1) is 0 Å². The molecule has 0 radical (unpaired) electrons. The monoisotopic (exact) mass is 244 g/mol. The molecule has 0 unspecified atom stereocenters. The van der Waals surface area contributed by atoms with Crippen molar-refractivity contribution in [1.82, 2.24) is 9.97 Å². The minimum absolute atomic E-state index is 0.0685. The van der Waals surface area contributed by atoms with Crippen molar-refractivity contribution in [3.63, 3.8) is 0 Å². The van der Waals surface area contributed by atoms with Crippen molar-refractivity contribution in [3.05, 3.63) is 36.3 Å². The number of imidazole rings is 1. The molecule has 0 aliphatic rings. The first kappa shape index (κ1) is 12.4. The highest BCUT2D eigenvalue weighted by Gasteiger charge is 2.06. The molecular formula is C14H16N2O2. The standard InChI is InChI=1S/C14H16N2O2/c1-9(2)18-12-6-4-11(5-7-12)13-8-15-14(16-13)10(3)17/h4-9H,1-3H3,(H,15,16). The summed E-state index contributed by atoms with van der Waals surface area (Å²) in [4.78, 5) is 18.2. The van der Waals surface area contributed by atoms with Crippen LogP contribution in [0.3, 0.4) is 0 Å². The molecule has 0 saturated carbocycles. The van der Waals surface area contributed by atoms with E-state index < -0.39 is 0 Å². The minimum atomic E-state index is -0.0685. The number of aromatic nitrogens is 2. The van der Waals surface area contributed by atoms with Gasteiger partial charge in [-0.3, -0.25) is 4.79 Å². The Labute approximate surface area is 106 Å². The molecule has 0 amide bonds. The highest BCUT2D eigenvalue weighted by Crippen LogP contribution is 2.21. The number of benzene rings is 1. The summed E-state index contributed by atoms with van der Waals surface area (Å²) in [6.45, 7) is 5.46. The summed E-state index contributed by atoms with van der Waals surface area (Å²) in [6, 6.07) is 7.69. The predicted octanol–water partition coefficient (Wildman–Crippen LogP) is 3.07. The van der Waals surface area contributed by atoms with Crippen LogP contribution in [-0.4, -0.2) is 21.9 Å². The fourth-order valence-electron chi connectivity index (χ4n) is 1.63. The third-order valence-electron chi connectivity index (χ3n) is 2.45. The number of nitrogens with zero attached hydrogens (tertiary/aromatic N) is 1. The van der Waals surface area contributed by atoms with Crippen molar-refractivity contribution in [2.75, 3.05) is 0 Å². The van der Waals surface area contributed by atoms with Gasteiger partial charge in [0.25, 0.3) is 0 Å². The molecule has 18 heavy (non-hydrogen) atoms. The molecule has 1 N–H and O–H groups in total. The van der Waals surface area contributed by atoms with Crippen molar-refractivity contribution < 1.29 is 9.53 Å². The average molecular weight is 244 g/mol. The molecule has 1 heterocycles. The Bertz CT molecular complexity index is 541. The van der Waals surface area contributed by atoms with E-state index in [4.69, 9.17) is 4.74 Å². The van der Waals surface area contributed by atoms with Crippen molar-refractivity contribution in [3.8, 4) is 17.0 Å². The average Bonchev–Trinajstić information content (AvgIpc) is 2.78. The summed E-state index contributed by atoms with van der Waals surface area (Å²) in [7, 11) is 0. The number of carbonyl (C=O) groups excluding carboxylic acids is 1. The van der Waals surface area contributed by atoms with Crippen LogP contribution in [0.2, 0.25) is 0 Å². The molecule has 1 aromatic heterocycles. The van der Waals surface area contributed by atoms with Gasteiger partial charge in [-0.2, -0.15) is 0 Å². The van der Waals surface area contributed by atoms with E-state index in [-0.39, 0.29) is 11.9 Å². The van der Waals surface area contributed by atoms with E-state index in [0.717, 1.165) is 17.0 Å². The fraction of sp³-hybridized carbons (Fsp3) is 0.286. The largest absolute Gasteiger partial charge is 0.491 e. The Balaban J connectivity index is 2.20. The van der Waals surface area contributed by atoms with Crippen molar-refractivity contribution >= 4 is 5.78 Å².